The van der Waals surface area contributed by atoms with Gasteiger partial charge in [-0.3, -0.25) is 4.79 Å². The zero-order valence-corrected chi connectivity index (χ0v) is 15.1. The minimum Gasteiger partial charge on any atom is -0.481 e. The van der Waals surface area contributed by atoms with Gasteiger partial charge >= 0.3 is 5.97 Å². The summed E-state index contributed by atoms with van der Waals surface area (Å²) in [6.07, 6.45) is 0.0261. The third-order valence-corrected chi connectivity index (χ3v) is 4.03. The van der Waals surface area contributed by atoms with Crippen molar-refractivity contribution in [3.8, 4) is 28.7 Å². The first kappa shape index (κ1) is 18.3. The van der Waals surface area contributed by atoms with Crippen LogP contribution in [0.4, 0.5) is 0 Å². The molecule has 27 heavy (non-hydrogen) atoms. The Labute approximate surface area is 159 Å². The Morgan fingerprint density at radius 2 is 1.74 bits per heavy atom. The van der Waals surface area contributed by atoms with Gasteiger partial charge in [0.05, 0.1) is 6.42 Å². The fourth-order valence-electron chi connectivity index (χ4n) is 2.74. The number of hydrogen-bond donors (Lipinski definition) is 1. The Hall–Kier alpha value is -3.51. The van der Waals surface area contributed by atoms with E-state index < -0.39 is 5.97 Å². The first-order valence-electron chi connectivity index (χ1n) is 8.70. The lowest BCUT2D eigenvalue weighted by atomic mass is 10.0. The van der Waals surface area contributed by atoms with Crippen LogP contribution in [0.3, 0.4) is 0 Å². The highest BCUT2D eigenvalue weighted by molar-refractivity contribution is 5.72. The molecule has 3 aromatic carbocycles. The van der Waals surface area contributed by atoms with Crippen molar-refractivity contribution in [2.75, 3.05) is 6.61 Å². The van der Waals surface area contributed by atoms with Crippen molar-refractivity contribution in [2.45, 2.75) is 13.3 Å². The number of benzene rings is 3. The zero-order chi connectivity index (χ0) is 19.1. The van der Waals surface area contributed by atoms with E-state index >= 15 is 0 Å². The largest absolute Gasteiger partial charge is 0.481 e. The summed E-state index contributed by atoms with van der Waals surface area (Å²) in [6, 6.07) is 23.4. The van der Waals surface area contributed by atoms with E-state index in [0.717, 1.165) is 33.6 Å². The van der Waals surface area contributed by atoms with Crippen LogP contribution in [0.2, 0.25) is 0 Å². The first-order chi connectivity index (χ1) is 13.1. The molecule has 3 rings (SSSR count). The predicted octanol–water partition coefficient (Wildman–Crippen LogP) is 4.72. The van der Waals surface area contributed by atoms with Crippen molar-refractivity contribution >= 4 is 5.97 Å². The molecule has 0 fully saturated rings. The van der Waals surface area contributed by atoms with Crippen LogP contribution in [-0.2, 0) is 11.2 Å². The molecule has 3 nitrogen and oxygen atoms in total. The molecule has 1 N–H and O–H groups in total. The number of carbonyl (C=O) groups is 1. The maximum atomic E-state index is 10.9. The van der Waals surface area contributed by atoms with Gasteiger partial charge < -0.3 is 9.84 Å². The van der Waals surface area contributed by atoms with Crippen LogP contribution >= 0.6 is 0 Å². The molecule has 0 unspecified atom stereocenters. The van der Waals surface area contributed by atoms with Gasteiger partial charge in [-0.1, -0.05) is 60.4 Å². The molecule has 0 amide bonds. The molecule has 0 radical (unpaired) electrons. The van der Waals surface area contributed by atoms with Crippen LogP contribution < -0.4 is 4.74 Å². The van der Waals surface area contributed by atoms with Crippen molar-refractivity contribution in [3.05, 3.63) is 89.5 Å². The van der Waals surface area contributed by atoms with Gasteiger partial charge in [-0.2, -0.15) is 0 Å². The van der Waals surface area contributed by atoms with Crippen molar-refractivity contribution in [1.82, 2.24) is 0 Å². The van der Waals surface area contributed by atoms with Crippen LogP contribution in [-0.4, -0.2) is 17.7 Å². The van der Waals surface area contributed by atoms with E-state index in [1.807, 2.05) is 79.7 Å². The topological polar surface area (TPSA) is 46.5 Å². The molecule has 0 saturated carbocycles. The van der Waals surface area contributed by atoms with Gasteiger partial charge in [0.25, 0.3) is 0 Å². The summed E-state index contributed by atoms with van der Waals surface area (Å²) in [6.45, 7) is 2.36. The summed E-state index contributed by atoms with van der Waals surface area (Å²) < 4.78 is 5.62. The number of aryl methyl sites for hydroxylation is 1. The summed E-state index contributed by atoms with van der Waals surface area (Å²) in [4.78, 5) is 10.9. The van der Waals surface area contributed by atoms with E-state index in [9.17, 15) is 4.79 Å². The number of carboxylic acid groups (broad SMARTS) is 1. The fourth-order valence-corrected chi connectivity index (χ4v) is 2.74. The predicted molar refractivity (Wildman–Crippen MR) is 107 cm³/mol. The number of aliphatic carboxylic acids is 1. The lowest BCUT2D eigenvalue weighted by molar-refractivity contribution is -0.136. The standard InChI is InChI=1S/C24H20O3/c1-18-5-2-9-23(15-18)27-14-4-7-19-10-12-21(13-11-19)22-8-3-6-20(16-22)17-24(25)26/h2-3,5-6,8-13,15-16H,14,17H2,1H3,(H,25,26). The number of ether oxygens (including phenoxy) is 1. The molecule has 134 valence electrons. The summed E-state index contributed by atoms with van der Waals surface area (Å²) in [7, 11) is 0. The molecule has 0 heterocycles. The Morgan fingerprint density at radius 1 is 0.963 bits per heavy atom. The molecule has 0 atom stereocenters. The van der Waals surface area contributed by atoms with E-state index in [1.54, 1.807) is 0 Å². The monoisotopic (exact) mass is 356 g/mol. The van der Waals surface area contributed by atoms with E-state index in [4.69, 9.17) is 9.84 Å². The minimum atomic E-state index is -0.828. The maximum Gasteiger partial charge on any atom is 0.307 e. The van der Waals surface area contributed by atoms with Gasteiger partial charge in [0.2, 0.25) is 0 Å². The van der Waals surface area contributed by atoms with Crippen molar-refractivity contribution in [3.63, 3.8) is 0 Å². The number of hydrogen-bond acceptors (Lipinski definition) is 2. The second-order valence-corrected chi connectivity index (χ2v) is 6.26. The molecular weight excluding hydrogens is 336 g/mol. The molecule has 3 aromatic rings. The second kappa shape index (κ2) is 8.73. The SMILES string of the molecule is Cc1cccc(OCC#Cc2ccc(-c3cccc(CC(=O)O)c3)cc2)c1. The maximum absolute atomic E-state index is 10.9. The molecule has 0 saturated heterocycles. The first-order valence-corrected chi connectivity index (χ1v) is 8.70. The van der Waals surface area contributed by atoms with Crippen molar-refractivity contribution < 1.29 is 14.6 Å². The average Bonchev–Trinajstić information content (AvgIpc) is 2.65. The smallest absolute Gasteiger partial charge is 0.307 e. The van der Waals surface area contributed by atoms with Crippen LogP contribution in [0, 0.1) is 18.8 Å². The highest BCUT2D eigenvalue weighted by atomic mass is 16.5. The molecular formula is C24H20O3. The normalized spacial score (nSPS) is 9.96. The van der Waals surface area contributed by atoms with E-state index in [1.165, 1.54) is 0 Å². The van der Waals surface area contributed by atoms with E-state index in [0.29, 0.717) is 6.61 Å². The van der Waals surface area contributed by atoms with Gasteiger partial charge in [-0.25, -0.2) is 0 Å². The third-order valence-electron chi connectivity index (χ3n) is 4.03. The van der Waals surface area contributed by atoms with Gasteiger partial charge in [-0.15, -0.1) is 0 Å². The average molecular weight is 356 g/mol. The highest BCUT2D eigenvalue weighted by Crippen LogP contribution is 2.21. The Balaban J connectivity index is 1.63. The lowest BCUT2D eigenvalue weighted by Gasteiger charge is -2.04. The molecule has 0 bridgehead atoms. The molecule has 0 aliphatic carbocycles. The van der Waals surface area contributed by atoms with Gasteiger partial charge in [0, 0.05) is 5.56 Å². The molecule has 0 aromatic heterocycles. The summed E-state index contributed by atoms with van der Waals surface area (Å²) in [5.41, 5.74) is 4.88. The summed E-state index contributed by atoms with van der Waals surface area (Å²) in [5.74, 6) is 6.11. The lowest BCUT2D eigenvalue weighted by Crippen LogP contribution is -1.99. The Kier molecular flexibility index (Phi) is 5.91. The Bertz CT molecular complexity index is 992. The summed E-state index contributed by atoms with van der Waals surface area (Å²) in [5, 5.41) is 8.93. The van der Waals surface area contributed by atoms with E-state index in [-0.39, 0.29) is 6.42 Å². The van der Waals surface area contributed by atoms with Crippen LogP contribution in [0.15, 0.2) is 72.8 Å². The summed E-state index contributed by atoms with van der Waals surface area (Å²) >= 11 is 0. The van der Waals surface area contributed by atoms with Gasteiger partial charge in [0.15, 0.2) is 0 Å². The number of rotatable bonds is 5. The van der Waals surface area contributed by atoms with Crippen LogP contribution in [0.5, 0.6) is 5.75 Å². The quantitative estimate of drug-likeness (QED) is 0.673. The second-order valence-electron chi connectivity index (χ2n) is 6.26. The molecule has 0 spiro atoms. The highest BCUT2D eigenvalue weighted by Gasteiger charge is 2.03. The molecule has 3 heteroatoms. The third kappa shape index (κ3) is 5.49. The molecule has 0 aliphatic heterocycles. The zero-order valence-electron chi connectivity index (χ0n) is 15.1. The van der Waals surface area contributed by atoms with Gasteiger partial charge in [-0.05, 0) is 53.4 Å². The fraction of sp³-hybridized carbons (Fsp3) is 0.125. The van der Waals surface area contributed by atoms with Crippen LogP contribution in [0.1, 0.15) is 16.7 Å². The minimum absolute atomic E-state index is 0.0261. The van der Waals surface area contributed by atoms with Crippen molar-refractivity contribution in [1.29, 1.82) is 0 Å². The van der Waals surface area contributed by atoms with Crippen LogP contribution in [0.25, 0.3) is 11.1 Å². The van der Waals surface area contributed by atoms with Crippen molar-refractivity contribution in [2.24, 2.45) is 0 Å². The van der Waals surface area contributed by atoms with E-state index in [2.05, 4.69) is 11.8 Å². The number of carboxylic acids is 1. The Morgan fingerprint density at radius 3 is 2.48 bits per heavy atom. The van der Waals surface area contributed by atoms with Gasteiger partial charge in [0.1, 0.15) is 12.4 Å². The molecule has 0 aliphatic rings.